The summed E-state index contributed by atoms with van der Waals surface area (Å²) in [5, 5.41) is 7.50. The van der Waals surface area contributed by atoms with Gasteiger partial charge in [-0.15, -0.1) is 0 Å². The fourth-order valence-corrected chi connectivity index (χ4v) is 2.06. The highest BCUT2D eigenvalue weighted by atomic mass is 35.5. The lowest BCUT2D eigenvalue weighted by Gasteiger charge is -2.11. The van der Waals surface area contributed by atoms with Crippen molar-refractivity contribution in [2.45, 2.75) is 18.9 Å². The van der Waals surface area contributed by atoms with E-state index in [-0.39, 0.29) is 0 Å². The Morgan fingerprint density at radius 1 is 1.24 bits per heavy atom. The molecule has 1 saturated heterocycles. The van der Waals surface area contributed by atoms with Crippen molar-refractivity contribution in [3.05, 3.63) is 29.3 Å². The van der Waals surface area contributed by atoms with Gasteiger partial charge in [0.1, 0.15) is 0 Å². The molecule has 0 radical (unpaired) electrons. The van der Waals surface area contributed by atoms with Crippen molar-refractivity contribution in [2.75, 3.05) is 31.6 Å². The lowest BCUT2D eigenvalue weighted by molar-refractivity contribution is 0.110. The van der Waals surface area contributed by atoms with E-state index in [0.717, 1.165) is 37.0 Å². The maximum Gasteiger partial charge on any atom is 0.0700 e. The molecule has 1 heterocycles. The minimum absolute atomic E-state index is 0.422. The Balaban J connectivity index is 1.55. The monoisotopic (exact) mass is 254 g/mol. The van der Waals surface area contributed by atoms with Crippen molar-refractivity contribution >= 4 is 17.3 Å². The summed E-state index contributed by atoms with van der Waals surface area (Å²) in [6.45, 7) is 3.74. The maximum absolute atomic E-state index is 5.81. The van der Waals surface area contributed by atoms with E-state index in [1.54, 1.807) is 0 Å². The van der Waals surface area contributed by atoms with E-state index >= 15 is 0 Å². The Kier molecular flexibility index (Phi) is 5.10. The zero-order chi connectivity index (χ0) is 11.9. The van der Waals surface area contributed by atoms with Crippen LogP contribution in [-0.4, -0.2) is 32.3 Å². The van der Waals surface area contributed by atoms with Crippen LogP contribution in [0.4, 0.5) is 5.69 Å². The first-order chi connectivity index (χ1) is 8.34. The maximum atomic E-state index is 5.81. The van der Waals surface area contributed by atoms with Crippen molar-refractivity contribution < 1.29 is 4.74 Å². The smallest absolute Gasteiger partial charge is 0.0700 e. The second-order valence-corrected chi connectivity index (χ2v) is 4.71. The first kappa shape index (κ1) is 12.7. The zero-order valence-corrected chi connectivity index (χ0v) is 10.7. The summed E-state index contributed by atoms with van der Waals surface area (Å²) in [5.41, 5.74) is 1.10. The van der Waals surface area contributed by atoms with Gasteiger partial charge in [-0.1, -0.05) is 11.6 Å². The molecule has 3 nitrogen and oxygen atoms in total. The van der Waals surface area contributed by atoms with E-state index in [4.69, 9.17) is 16.3 Å². The van der Waals surface area contributed by atoms with Crippen LogP contribution in [0.15, 0.2) is 24.3 Å². The van der Waals surface area contributed by atoms with Gasteiger partial charge in [0.05, 0.1) is 6.10 Å². The molecule has 1 aliphatic rings. The molecule has 0 saturated carbocycles. The summed E-state index contributed by atoms with van der Waals surface area (Å²) in [7, 11) is 0. The Morgan fingerprint density at radius 3 is 2.76 bits per heavy atom. The van der Waals surface area contributed by atoms with Gasteiger partial charge in [0.2, 0.25) is 0 Å². The van der Waals surface area contributed by atoms with Gasteiger partial charge < -0.3 is 15.4 Å². The van der Waals surface area contributed by atoms with E-state index in [1.165, 1.54) is 12.8 Å². The van der Waals surface area contributed by atoms with Gasteiger partial charge in [-0.05, 0) is 37.1 Å². The average Bonchev–Trinajstić information content (AvgIpc) is 2.84. The summed E-state index contributed by atoms with van der Waals surface area (Å²) in [6.07, 6.45) is 2.82. The van der Waals surface area contributed by atoms with Gasteiger partial charge >= 0.3 is 0 Å². The Labute approximate surface area is 107 Å². The molecule has 0 bridgehead atoms. The van der Waals surface area contributed by atoms with Crippen molar-refractivity contribution in [1.29, 1.82) is 0 Å². The molecule has 1 fully saturated rings. The minimum Gasteiger partial charge on any atom is -0.384 e. The number of nitrogens with one attached hydrogen (secondary N) is 2. The van der Waals surface area contributed by atoms with Crippen molar-refractivity contribution in [1.82, 2.24) is 5.32 Å². The van der Waals surface area contributed by atoms with E-state index in [1.807, 2.05) is 24.3 Å². The normalized spacial score (nSPS) is 19.5. The van der Waals surface area contributed by atoms with Crippen molar-refractivity contribution in [2.24, 2.45) is 0 Å². The minimum atomic E-state index is 0.422. The molecule has 1 aliphatic heterocycles. The first-order valence-corrected chi connectivity index (χ1v) is 6.54. The third-order valence-corrected chi connectivity index (χ3v) is 3.12. The number of ether oxygens (including phenoxy) is 1. The highest BCUT2D eigenvalue weighted by molar-refractivity contribution is 6.30. The van der Waals surface area contributed by atoms with Crippen LogP contribution in [0.2, 0.25) is 5.02 Å². The van der Waals surface area contributed by atoms with Crippen LogP contribution in [0.1, 0.15) is 12.8 Å². The molecule has 94 valence electrons. The fraction of sp³-hybridized carbons (Fsp3) is 0.538. The highest BCUT2D eigenvalue weighted by Crippen LogP contribution is 2.13. The molecule has 0 spiro atoms. The molecule has 1 atom stereocenters. The van der Waals surface area contributed by atoms with E-state index in [2.05, 4.69) is 10.6 Å². The molecule has 0 aliphatic carbocycles. The first-order valence-electron chi connectivity index (χ1n) is 6.16. The molecular formula is C13H19ClN2O. The number of anilines is 1. The van der Waals surface area contributed by atoms with Crippen molar-refractivity contribution in [3.8, 4) is 0 Å². The molecule has 1 aromatic rings. The average molecular weight is 255 g/mol. The molecule has 2 N–H and O–H groups in total. The third-order valence-electron chi connectivity index (χ3n) is 2.87. The molecule has 4 heteroatoms. The summed E-state index contributed by atoms with van der Waals surface area (Å²) in [4.78, 5) is 0. The van der Waals surface area contributed by atoms with Crippen molar-refractivity contribution in [3.63, 3.8) is 0 Å². The molecule has 1 unspecified atom stereocenters. The summed E-state index contributed by atoms with van der Waals surface area (Å²) in [5.74, 6) is 0. The summed E-state index contributed by atoms with van der Waals surface area (Å²) >= 11 is 5.81. The van der Waals surface area contributed by atoms with Crippen LogP contribution in [0.5, 0.6) is 0 Å². The Hall–Kier alpha value is -0.770. The number of halogens is 1. The summed E-state index contributed by atoms with van der Waals surface area (Å²) < 4.78 is 5.53. The fourth-order valence-electron chi connectivity index (χ4n) is 1.93. The zero-order valence-electron chi connectivity index (χ0n) is 9.92. The Morgan fingerprint density at radius 2 is 2.06 bits per heavy atom. The van der Waals surface area contributed by atoms with Crippen LogP contribution in [0.25, 0.3) is 0 Å². The predicted octanol–water partition coefficient (Wildman–Crippen LogP) is 2.52. The second-order valence-electron chi connectivity index (χ2n) is 4.27. The summed E-state index contributed by atoms with van der Waals surface area (Å²) in [6, 6.07) is 7.76. The van der Waals surface area contributed by atoms with Gasteiger partial charge in [0.25, 0.3) is 0 Å². The number of benzene rings is 1. The molecule has 2 rings (SSSR count). The topological polar surface area (TPSA) is 33.3 Å². The lowest BCUT2D eigenvalue weighted by Crippen LogP contribution is -2.30. The van der Waals surface area contributed by atoms with Crippen LogP contribution < -0.4 is 10.6 Å². The van der Waals surface area contributed by atoms with E-state index in [0.29, 0.717) is 6.10 Å². The molecule has 17 heavy (non-hydrogen) atoms. The number of rotatable bonds is 6. The van der Waals surface area contributed by atoms with Crippen LogP contribution >= 0.6 is 11.6 Å². The standard InChI is InChI=1S/C13H19ClN2O/c14-11-3-5-12(6-4-11)16-8-7-15-10-13-2-1-9-17-13/h3-6,13,15-16H,1-2,7-10H2. The molecule has 0 aromatic heterocycles. The number of hydrogen-bond acceptors (Lipinski definition) is 3. The SMILES string of the molecule is Clc1ccc(NCCNCC2CCCO2)cc1. The third kappa shape index (κ3) is 4.54. The Bertz CT molecular complexity index is 323. The second kappa shape index (κ2) is 6.84. The molecule has 0 amide bonds. The van der Waals surface area contributed by atoms with Crippen LogP contribution in [-0.2, 0) is 4.74 Å². The molecular weight excluding hydrogens is 236 g/mol. The van der Waals surface area contributed by atoms with Gasteiger partial charge in [-0.2, -0.15) is 0 Å². The van der Waals surface area contributed by atoms with E-state index < -0.39 is 0 Å². The lowest BCUT2D eigenvalue weighted by atomic mass is 10.2. The van der Waals surface area contributed by atoms with Gasteiger partial charge in [-0.25, -0.2) is 0 Å². The quantitative estimate of drug-likeness (QED) is 0.766. The largest absolute Gasteiger partial charge is 0.384 e. The van der Waals surface area contributed by atoms with Crippen LogP contribution in [0, 0.1) is 0 Å². The van der Waals surface area contributed by atoms with Gasteiger partial charge in [0.15, 0.2) is 0 Å². The van der Waals surface area contributed by atoms with E-state index in [9.17, 15) is 0 Å². The van der Waals surface area contributed by atoms with Gasteiger partial charge in [-0.3, -0.25) is 0 Å². The highest BCUT2D eigenvalue weighted by Gasteiger charge is 2.13. The predicted molar refractivity (Wildman–Crippen MR) is 71.8 cm³/mol. The number of hydrogen-bond donors (Lipinski definition) is 2. The molecule has 1 aromatic carbocycles. The van der Waals surface area contributed by atoms with Crippen LogP contribution in [0.3, 0.4) is 0 Å². The van der Waals surface area contributed by atoms with Gasteiger partial charge in [0, 0.05) is 37.0 Å².